The van der Waals surface area contributed by atoms with Gasteiger partial charge in [0.1, 0.15) is 0 Å². The molecule has 0 aliphatic rings. The van der Waals surface area contributed by atoms with Crippen molar-refractivity contribution >= 4 is 27.6 Å². The van der Waals surface area contributed by atoms with Gasteiger partial charge in [-0.05, 0) is 0 Å². The molecule has 0 bridgehead atoms. The molecule has 0 amide bonds. The van der Waals surface area contributed by atoms with Crippen LogP contribution in [-0.2, 0) is 22.9 Å². The van der Waals surface area contributed by atoms with E-state index in [0.29, 0.717) is 17.9 Å². The standard InChI is InChI=1S/C21H19O3S.Li/c22-25(23,21-9-5-2-6-10-21)16-15-18-11-13-20(14-12-18)24-17-19-7-3-1-4-8-19;/h1-14,16H,15,17H2;. The zero-order chi connectivity index (χ0) is 18.4. The van der Waals surface area contributed by atoms with E-state index < -0.39 is 13.8 Å². The minimum atomic E-state index is -3.32. The SMILES string of the molecule is [Li][CH](Cc1ccc(OCc2ccccc2)cc1)S(=O)(=O)c1ccccc1. The summed E-state index contributed by atoms with van der Waals surface area (Å²) in [6.45, 7) is 0.513. The predicted octanol–water partition coefficient (Wildman–Crippen LogP) is 3.78. The van der Waals surface area contributed by atoms with E-state index in [0.717, 1.165) is 16.9 Å². The van der Waals surface area contributed by atoms with E-state index in [1.54, 1.807) is 42.0 Å². The molecule has 3 nitrogen and oxygen atoms in total. The Hall–Kier alpha value is -1.99. The third-order valence-electron chi connectivity index (χ3n) is 4.30. The van der Waals surface area contributed by atoms with E-state index in [1.165, 1.54) is 0 Å². The zero-order valence-corrected chi connectivity index (χ0v) is 15.5. The van der Waals surface area contributed by atoms with E-state index in [-0.39, 0.29) is 0 Å². The van der Waals surface area contributed by atoms with Crippen molar-refractivity contribution in [3.05, 3.63) is 96.1 Å². The molecule has 128 valence electrons. The monoisotopic (exact) mass is 358 g/mol. The second kappa shape index (κ2) is 8.59. The summed E-state index contributed by atoms with van der Waals surface area (Å²) < 4.78 is 30.6. The Bertz CT molecular complexity index is 924. The molecule has 0 heterocycles. The van der Waals surface area contributed by atoms with Crippen LogP contribution in [0.3, 0.4) is 0 Å². The molecule has 1 atom stereocenters. The summed E-state index contributed by atoms with van der Waals surface area (Å²) in [6, 6.07) is 26.2. The molecule has 0 saturated heterocycles. The van der Waals surface area contributed by atoms with E-state index in [4.69, 9.17) is 4.74 Å². The summed E-state index contributed by atoms with van der Waals surface area (Å²) in [5.74, 6) is 0.774. The Labute approximate surface area is 164 Å². The third kappa shape index (κ3) is 4.79. The average molecular weight is 358 g/mol. The molecule has 0 N–H and O–H groups in total. The molecule has 0 spiro atoms. The van der Waals surface area contributed by atoms with Crippen molar-refractivity contribution in [1.82, 2.24) is 0 Å². The third-order valence-corrected chi connectivity index (χ3v) is 6.45. The van der Waals surface area contributed by atoms with Crippen LogP contribution in [0.4, 0.5) is 0 Å². The van der Waals surface area contributed by atoms with E-state index in [1.807, 2.05) is 60.7 Å². The average Bonchev–Trinajstić information content (AvgIpc) is 2.69. The first kappa shape index (κ1) is 18.8. The molecule has 3 aromatic carbocycles. The maximum absolute atomic E-state index is 12.6. The van der Waals surface area contributed by atoms with Crippen LogP contribution < -0.4 is 4.74 Å². The second-order valence-electron chi connectivity index (χ2n) is 6.29. The van der Waals surface area contributed by atoms with Crippen LogP contribution in [0.15, 0.2) is 89.8 Å². The summed E-state index contributed by atoms with van der Waals surface area (Å²) >= 11 is 1.75. The molecular formula is C21H19LiO3S. The van der Waals surface area contributed by atoms with Gasteiger partial charge in [-0.2, -0.15) is 0 Å². The molecule has 0 aliphatic heterocycles. The van der Waals surface area contributed by atoms with Gasteiger partial charge in [-0.15, -0.1) is 0 Å². The maximum atomic E-state index is 12.6. The summed E-state index contributed by atoms with van der Waals surface area (Å²) in [6.07, 6.45) is 0.468. The van der Waals surface area contributed by atoms with Gasteiger partial charge in [0.2, 0.25) is 0 Å². The van der Waals surface area contributed by atoms with E-state index in [9.17, 15) is 8.42 Å². The van der Waals surface area contributed by atoms with Crippen LogP contribution in [0.25, 0.3) is 0 Å². The van der Waals surface area contributed by atoms with Crippen LogP contribution in [-0.4, -0.2) is 30.1 Å². The van der Waals surface area contributed by atoms with Gasteiger partial charge >= 0.3 is 164 Å². The number of benzene rings is 3. The Morgan fingerprint density at radius 2 is 1.35 bits per heavy atom. The molecule has 0 radical (unpaired) electrons. The predicted molar refractivity (Wildman–Crippen MR) is 104 cm³/mol. The van der Waals surface area contributed by atoms with Crippen molar-refractivity contribution in [3.8, 4) is 5.75 Å². The Morgan fingerprint density at radius 3 is 1.96 bits per heavy atom. The second-order valence-corrected chi connectivity index (χ2v) is 8.66. The topological polar surface area (TPSA) is 43.4 Å². The Balaban J connectivity index is 1.62. The van der Waals surface area contributed by atoms with Crippen molar-refractivity contribution in [2.75, 3.05) is 0 Å². The van der Waals surface area contributed by atoms with Crippen LogP contribution >= 0.6 is 0 Å². The molecular weight excluding hydrogens is 339 g/mol. The first-order chi connectivity index (χ1) is 12.6. The van der Waals surface area contributed by atoms with Crippen LogP contribution in [0.2, 0.25) is 0 Å². The number of sulfone groups is 1. The normalized spacial score (nSPS) is 12.5. The van der Waals surface area contributed by atoms with Crippen molar-refractivity contribution in [3.63, 3.8) is 0 Å². The molecule has 0 saturated carbocycles. The number of hydrogen-bond donors (Lipinski definition) is 0. The van der Waals surface area contributed by atoms with Gasteiger partial charge in [0.05, 0.1) is 0 Å². The quantitative estimate of drug-likeness (QED) is 0.604. The van der Waals surface area contributed by atoms with Crippen molar-refractivity contribution in [2.45, 2.75) is 21.8 Å². The molecule has 0 fully saturated rings. The number of ether oxygens (including phenoxy) is 1. The van der Waals surface area contributed by atoms with Crippen LogP contribution in [0.5, 0.6) is 5.75 Å². The van der Waals surface area contributed by atoms with Crippen LogP contribution in [0.1, 0.15) is 11.1 Å². The Morgan fingerprint density at radius 1 is 0.769 bits per heavy atom. The van der Waals surface area contributed by atoms with Gasteiger partial charge in [-0.1, -0.05) is 0 Å². The number of hydrogen-bond acceptors (Lipinski definition) is 3. The van der Waals surface area contributed by atoms with Gasteiger partial charge in [0.15, 0.2) is 0 Å². The summed E-state index contributed by atoms with van der Waals surface area (Å²) in [7, 11) is -3.32. The molecule has 5 heteroatoms. The first-order valence-electron chi connectivity index (χ1n) is 8.60. The molecule has 3 aromatic rings. The molecule has 0 aromatic heterocycles. The first-order valence-corrected chi connectivity index (χ1v) is 10.1. The van der Waals surface area contributed by atoms with Gasteiger partial charge < -0.3 is 0 Å². The van der Waals surface area contributed by atoms with Crippen molar-refractivity contribution < 1.29 is 13.2 Å². The van der Waals surface area contributed by atoms with Crippen molar-refractivity contribution in [1.29, 1.82) is 0 Å². The summed E-state index contributed by atoms with van der Waals surface area (Å²) in [5.41, 5.74) is 2.09. The number of rotatable bonds is 7. The molecule has 3 rings (SSSR count). The summed E-state index contributed by atoms with van der Waals surface area (Å²) in [4.78, 5) is 0.371. The van der Waals surface area contributed by atoms with E-state index >= 15 is 0 Å². The van der Waals surface area contributed by atoms with Gasteiger partial charge in [-0.3, -0.25) is 0 Å². The van der Waals surface area contributed by atoms with Crippen molar-refractivity contribution in [2.24, 2.45) is 0 Å². The minimum absolute atomic E-state index is 0.371. The van der Waals surface area contributed by atoms with E-state index in [2.05, 4.69) is 0 Å². The fraction of sp³-hybridized carbons (Fsp3) is 0.143. The Kier molecular flexibility index (Phi) is 6.21. The fourth-order valence-electron chi connectivity index (χ4n) is 2.75. The van der Waals surface area contributed by atoms with Gasteiger partial charge in [0.25, 0.3) is 0 Å². The zero-order valence-electron chi connectivity index (χ0n) is 14.7. The summed E-state index contributed by atoms with van der Waals surface area (Å²) in [5, 5.41) is 0. The van der Waals surface area contributed by atoms with Crippen LogP contribution in [0, 0.1) is 0 Å². The fourth-order valence-corrected chi connectivity index (χ4v) is 4.16. The molecule has 0 aliphatic carbocycles. The van der Waals surface area contributed by atoms with Gasteiger partial charge in [-0.25, -0.2) is 0 Å². The van der Waals surface area contributed by atoms with Gasteiger partial charge in [0, 0.05) is 0 Å². The molecule has 26 heavy (non-hydrogen) atoms. The molecule has 1 unspecified atom stereocenters.